The van der Waals surface area contributed by atoms with Gasteiger partial charge in [-0.05, 0) is 54.6 Å². The number of carbonyl (C=O) groups is 2. The number of halogens is 1. The molecule has 8 nitrogen and oxygen atoms in total. The topological polar surface area (TPSA) is 130 Å². The van der Waals surface area contributed by atoms with Crippen LogP contribution in [0, 0.1) is 0 Å². The van der Waals surface area contributed by atoms with Crippen LogP contribution in [-0.4, -0.2) is 30.6 Å². The standard InChI is InChI=1S/C20H14ClNO7S/c21-17-3-1-2-4-18(17)29-15-5-7-16(8-6-15)30(27,28)22-14-10-12(19(23)24)9-13(11-14)20(25)26/h1-11,22H,(H,23,24)(H,25,26). The Bertz CT molecular complexity index is 1190. The average molecular weight is 448 g/mol. The van der Waals surface area contributed by atoms with E-state index in [1.54, 1.807) is 24.3 Å². The van der Waals surface area contributed by atoms with Crippen LogP contribution < -0.4 is 9.46 Å². The summed E-state index contributed by atoms with van der Waals surface area (Å²) in [4.78, 5) is 22.2. The van der Waals surface area contributed by atoms with Gasteiger partial charge >= 0.3 is 11.9 Å². The molecule has 0 aliphatic carbocycles. The molecular formula is C20H14ClNO7S. The first kappa shape index (κ1) is 21.2. The summed E-state index contributed by atoms with van der Waals surface area (Å²) in [6.45, 7) is 0. The highest BCUT2D eigenvalue weighted by atomic mass is 35.5. The molecule has 3 aromatic rings. The van der Waals surface area contributed by atoms with Gasteiger partial charge in [-0.15, -0.1) is 0 Å². The number of ether oxygens (including phenoxy) is 1. The van der Waals surface area contributed by atoms with Gasteiger partial charge in [-0.25, -0.2) is 18.0 Å². The summed E-state index contributed by atoms with van der Waals surface area (Å²) in [5, 5.41) is 18.6. The van der Waals surface area contributed by atoms with Crippen molar-refractivity contribution in [3.63, 3.8) is 0 Å². The largest absolute Gasteiger partial charge is 0.478 e. The molecule has 3 rings (SSSR count). The molecule has 30 heavy (non-hydrogen) atoms. The molecule has 0 aliphatic rings. The minimum Gasteiger partial charge on any atom is -0.478 e. The summed E-state index contributed by atoms with van der Waals surface area (Å²) < 4.78 is 33.0. The van der Waals surface area contributed by atoms with Crippen LogP contribution >= 0.6 is 11.6 Å². The third kappa shape index (κ3) is 4.88. The normalized spacial score (nSPS) is 11.0. The first-order valence-electron chi connectivity index (χ1n) is 8.33. The van der Waals surface area contributed by atoms with E-state index in [4.69, 9.17) is 26.6 Å². The van der Waals surface area contributed by atoms with E-state index in [9.17, 15) is 18.0 Å². The zero-order chi connectivity index (χ0) is 21.9. The van der Waals surface area contributed by atoms with Crippen molar-refractivity contribution in [1.82, 2.24) is 0 Å². The lowest BCUT2D eigenvalue weighted by atomic mass is 10.1. The van der Waals surface area contributed by atoms with E-state index in [0.717, 1.165) is 18.2 Å². The molecule has 0 heterocycles. The number of nitrogens with one attached hydrogen (secondary N) is 1. The second kappa shape index (κ2) is 8.44. The third-order valence-corrected chi connectivity index (χ3v) is 5.59. The third-order valence-electron chi connectivity index (χ3n) is 3.88. The van der Waals surface area contributed by atoms with Gasteiger partial charge in [0.05, 0.1) is 26.7 Å². The Morgan fingerprint density at radius 2 is 1.43 bits per heavy atom. The maximum Gasteiger partial charge on any atom is 0.335 e. The van der Waals surface area contributed by atoms with E-state index in [1.807, 2.05) is 0 Å². The minimum atomic E-state index is -4.11. The second-order valence-electron chi connectivity index (χ2n) is 6.02. The van der Waals surface area contributed by atoms with Crippen LogP contribution in [0.1, 0.15) is 20.7 Å². The fraction of sp³-hybridized carbons (Fsp3) is 0. The Morgan fingerprint density at radius 1 is 0.867 bits per heavy atom. The summed E-state index contributed by atoms with van der Waals surface area (Å²) in [6.07, 6.45) is 0. The van der Waals surface area contributed by atoms with Gasteiger partial charge in [0.1, 0.15) is 11.5 Å². The van der Waals surface area contributed by atoms with Crippen LogP contribution in [0.4, 0.5) is 5.69 Å². The first-order chi connectivity index (χ1) is 14.2. The van der Waals surface area contributed by atoms with Crippen LogP contribution in [0.25, 0.3) is 0 Å². The molecule has 0 saturated heterocycles. The van der Waals surface area contributed by atoms with Gasteiger partial charge in [0.2, 0.25) is 0 Å². The van der Waals surface area contributed by atoms with E-state index in [0.29, 0.717) is 16.5 Å². The molecule has 0 aromatic heterocycles. The van der Waals surface area contributed by atoms with E-state index in [-0.39, 0.29) is 21.7 Å². The smallest absolute Gasteiger partial charge is 0.335 e. The first-order valence-corrected chi connectivity index (χ1v) is 10.2. The quantitative estimate of drug-likeness (QED) is 0.491. The molecule has 3 N–H and O–H groups in total. The van der Waals surface area contributed by atoms with Gasteiger partial charge in [-0.2, -0.15) is 0 Å². The Morgan fingerprint density at radius 3 is 1.97 bits per heavy atom. The Balaban J connectivity index is 1.85. The molecule has 0 atom stereocenters. The maximum atomic E-state index is 12.6. The van der Waals surface area contributed by atoms with E-state index < -0.39 is 22.0 Å². The highest BCUT2D eigenvalue weighted by Crippen LogP contribution is 2.29. The Kier molecular flexibility index (Phi) is 5.95. The van der Waals surface area contributed by atoms with Gasteiger partial charge in [0.15, 0.2) is 0 Å². The minimum absolute atomic E-state index is 0.133. The number of sulfonamides is 1. The molecule has 10 heteroatoms. The molecule has 0 amide bonds. The van der Waals surface area contributed by atoms with E-state index in [2.05, 4.69) is 4.72 Å². The highest BCUT2D eigenvalue weighted by Gasteiger charge is 2.18. The maximum absolute atomic E-state index is 12.6. The zero-order valence-corrected chi connectivity index (χ0v) is 16.6. The predicted molar refractivity (Wildman–Crippen MR) is 109 cm³/mol. The second-order valence-corrected chi connectivity index (χ2v) is 8.11. The summed E-state index contributed by atoms with van der Waals surface area (Å²) in [5.41, 5.74) is -0.920. The average Bonchev–Trinajstić information content (AvgIpc) is 2.69. The van der Waals surface area contributed by atoms with Gasteiger partial charge < -0.3 is 14.9 Å². The summed E-state index contributed by atoms with van der Waals surface area (Å²) in [5.74, 6) is -2.03. The monoisotopic (exact) mass is 447 g/mol. The molecule has 154 valence electrons. The Hall–Kier alpha value is -3.56. The summed E-state index contributed by atoms with van der Waals surface area (Å²) in [7, 11) is -4.11. The summed E-state index contributed by atoms with van der Waals surface area (Å²) in [6, 6.07) is 15.2. The van der Waals surface area contributed by atoms with E-state index >= 15 is 0 Å². The highest BCUT2D eigenvalue weighted by molar-refractivity contribution is 7.92. The molecule has 0 fully saturated rings. The number of hydrogen-bond donors (Lipinski definition) is 3. The number of carboxylic acid groups (broad SMARTS) is 2. The molecule has 0 spiro atoms. The van der Waals surface area contributed by atoms with Crippen LogP contribution in [0.15, 0.2) is 71.6 Å². The predicted octanol–water partition coefficient (Wildman–Crippen LogP) is 4.33. The van der Waals surface area contributed by atoms with Crippen LogP contribution in [0.2, 0.25) is 5.02 Å². The van der Waals surface area contributed by atoms with Crippen LogP contribution in [0.5, 0.6) is 11.5 Å². The van der Waals surface area contributed by atoms with Crippen molar-refractivity contribution in [3.05, 3.63) is 82.9 Å². The van der Waals surface area contributed by atoms with Gasteiger partial charge in [0.25, 0.3) is 10.0 Å². The summed E-state index contributed by atoms with van der Waals surface area (Å²) >= 11 is 6.02. The van der Waals surface area contributed by atoms with Crippen LogP contribution in [-0.2, 0) is 10.0 Å². The fourth-order valence-electron chi connectivity index (χ4n) is 2.49. The number of para-hydroxylation sites is 1. The van der Waals surface area contributed by atoms with Crippen molar-refractivity contribution in [2.45, 2.75) is 4.90 Å². The Labute approximate surface area is 176 Å². The van der Waals surface area contributed by atoms with Crippen LogP contribution in [0.3, 0.4) is 0 Å². The lowest BCUT2D eigenvalue weighted by Gasteiger charge is -2.11. The SMILES string of the molecule is O=C(O)c1cc(NS(=O)(=O)c2ccc(Oc3ccccc3Cl)cc2)cc(C(=O)O)c1. The van der Waals surface area contributed by atoms with Crippen molar-refractivity contribution in [2.75, 3.05) is 4.72 Å². The number of benzene rings is 3. The molecule has 0 saturated carbocycles. The number of anilines is 1. The van der Waals surface area contributed by atoms with Crippen molar-refractivity contribution < 1.29 is 33.0 Å². The van der Waals surface area contributed by atoms with Crippen molar-refractivity contribution in [3.8, 4) is 11.5 Å². The van der Waals surface area contributed by atoms with Crippen molar-refractivity contribution in [2.24, 2.45) is 0 Å². The zero-order valence-electron chi connectivity index (χ0n) is 15.1. The number of hydrogen-bond acceptors (Lipinski definition) is 5. The van der Waals surface area contributed by atoms with Crippen molar-refractivity contribution >= 4 is 39.3 Å². The van der Waals surface area contributed by atoms with E-state index in [1.165, 1.54) is 24.3 Å². The lowest BCUT2D eigenvalue weighted by Crippen LogP contribution is -2.14. The van der Waals surface area contributed by atoms with Gasteiger partial charge in [-0.3, -0.25) is 4.72 Å². The van der Waals surface area contributed by atoms with Gasteiger partial charge in [0, 0.05) is 0 Å². The number of rotatable bonds is 7. The number of aromatic carboxylic acids is 2. The molecule has 0 unspecified atom stereocenters. The number of carboxylic acids is 2. The molecule has 3 aromatic carbocycles. The lowest BCUT2D eigenvalue weighted by molar-refractivity contribution is 0.0696. The molecule has 0 aliphatic heterocycles. The van der Waals surface area contributed by atoms with Gasteiger partial charge in [-0.1, -0.05) is 23.7 Å². The van der Waals surface area contributed by atoms with Crippen molar-refractivity contribution in [1.29, 1.82) is 0 Å². The fourth-order valence-corrected chi connectivity index (χ4v) is 3.70. The molecular weight excluding hydrogens is 434 g/mol. The molecule has 0 radical (unpaired) electrons. The molecule has 0 bridgehead atoms.